The van der Waals surface area contributed by atoms with E-state index >= 15 is 0 Å². The number of carbonyl (C=O) groups is 1. The average molecular weight is 256 g/mol. The molecule has 19 heavy (non-hydrogen) atoms. The van der Waals surface area contributed by atoms with Crippen molar-refractivity contribution in [2.24, 2.45) is 0 Å². The van der Waals surface area contributed by atoms with E-state index in [9.17, 15) is 15.0 Å². The molecule has 0 aromatic heterocycles. The number of benzene rings is 2. The second-order valence-corrected chi connectivity index (χ2v) is 4.44. The predicted molar refractivity (Wildman–Crippen MR) is 72.9 cm³/mol. The third kappa shape index (κ3) is 3.20. The van der Waals surface area contributed by atoms with Crippen LogP contribution in [0.5, 0.6) is 0 Å². The Kier molecular flexibility index (Phi) is 4.31. The molecule has 2 rings (SSSR count). The van der Waals surface area contributed by atoms with Crippen LogP contribution in [0.2, 0.25) is 0 Å². The fraction of sp³-hybridized carbons (Fsp3) is 0.188. The predicted octanol–water partition coefficient (Wildman–Crippen LogP) is 2.59. The lowest BCUT2D eigenvalue weighted by atomic mass is 9.89. The fourth-order valence-electron chi connectivity index (χ4n) is 2.20. The molecule has 0 amide bonds. The van der Waals surface area contributed by atoms with Crippen molar-refractivity contribution in [3.63, 3.8) is 0 Å². The van der Waals surface area contributed by atoms with E-state index in [4.69, 9.17) is 0 Å². The monoisotopic (exact) mass is 256 g/mol. The topological polar surface area (TPSA) is 57.5 Å². The Morgan fingerprint density at radius 2 is 1.63 bits per heavy atom. The number of hydrogen-bond donors (Lipinski definition) is 2. The highest BCUT2D eigenvalue weighted by Gasteiger charge is 2.22. The molecular weight excluding hydrogens is 240 g/mol. The van der Waals surface area contributed by atoms with Crippen molar-refractivity contribution in [3.05, 3.63) is 71.3 Å². The molecule has 0 aliphatic heterocycles. The van der Waals surface area contributed by atoms with E-state index in [1.165, 1.54) is 0 Å². The van der Waals surface area contributed by atoms with Crippen molar-refractivity contribution < 1.29 is 15.0 Å². The van der Waals surface area contributed by atoms with E-state index in [1.807, 2.05) is 30.3 Å². The summed E-state index contributed by atoms with van der Waals surface area (Å²) in [6, 6.07) is 16.7. The lowest BCUT2D eigenvalue weighted by Gasteiger charge is -2.16. The molecule has 0 bridgehead atoms. The summed E-state index contributed by atoms with van der Waals surface area (Å²) in [6.07, 6.45) is 0.424. The van der Waals surface area contributed by atoms with E-state index in [2.05, 4.69) is 0 Å². The second kappa shape index (κ2) is 6.16. The maximum Gasteiger partial charge on any atom is 0.311 e. The number of carboxylic acid groups (broad SMARTS) is 1. The first-order chi connectivity index (χ1) is 9.22. The zero-order chi connectivity index (χ0) is 13.7. The van der Waals surface area contributed by atoms with Crippen molar-refractivity contribution in [2.45, 2.75) is 18.9 Å². The number of aliphatic carboxylic acids is 1. The van der Waals surface area contributed by atoms with E-state index in [-0.39, 0.29) is 6.61 Å². The van der Waals surface area contributed by atoms with Crippen molar-refractivity contribution in [2.75, 3.05) is 0 Å². The highest BCUT2D eigenvalue weighted by Crippen LogP contribution is 2.24. The lowest BCUT2D eigenvalue weighted by Crippen LogP contribution is -2.16. The molecule has 0 saturated heterocycles. The van der Waals surface area contributed by atoms with Gasteiger partial charge in [-0.1, -0.05) is 54.6 Å². The smallest absolute Gasteiger partial charge is 0.311 e. The number of rotatable bonds is 5. The van der Waals surface area contributed by atoms with Gasteiger partial charge in [-0.15, -0.1) is 0 Å². The first-order valence-electron chi connectivity index (χ1n) is 6.17. The van der Waals surface area contributed by atoms with E-state index in [0.29, 0.717) is 17.5 Å². The number of hydrogen-bond acceptors (Lipinski definition) is 2. The molecule has 0 saturated carbocycles. The average Bonchev–Trinajstić information content (AvgIpc) is 2.45. The van der Waals surface area contributed by atoms with Crippen molar-refractivity contribution >= 4 is 5.97 Å². The van der Waals surface area contributed by atoms with Gasteiger partial charge in [0.15, 0.2) is 0 Å². The number of aliphatic hydroxyl groups excluding tert-OH is 1. The van der Waals surface area contributed by atoms with Crippen LogP contribution in [0, 0.1) is 0 Å². The van der Waals surface area contributed by atoms with Gasteiger partial charge in [-0.25, -0.2) is 0 Å². The Morgan fingerprint density at radius 1 is 1.00 bits per heavy atom. The molecule has 0 heterocycles. The minimum atomic E-state index is -0.871. The highest BCUT2D eigenvalue weighted by atomic mass is 16.4. The summed E-state index contributed by atoms with van der Waals surface area (Å²) < 4.78 is 0. The molecular formula is C16H16O3. The molecule has 0 radical (unpaired) electrons. The van der Waals surface area contributed by atoms with Crippen LogP contribution in [0.1, 0.15) is 22.6 Å². The SMILES string of the molecule is O=C(O)C(Cc1ccccc1)c1ccccc1CO. The Hall–Kier alpha value is -2.13. The van der Waals surface area contributed by atoms with Crippen molar-refractivity contribution in [1.82, 2.24) is 0 Å². The van der Waals surface area contributed by atoms with Gasteiger partial charge in [0.1, 0.15) is 0 Å². The van der Waals surface area contributed by atoms with Gasteiger partial charge in [0.05, 0.1) is 12.5 Å². The van der Waals surface area contributed by atoms with Crippen LogP contribution >= 0.6 is 0 Å². The van der Waals surface area contributed by atoms with Crippen molar-refractivity contribution in [1.29, 1.82) is 0 Å². The van der Waals surface area contributed by atoms with Gasteiger partial charge in [-0.05, 0) is 23.1 Å². The zero-order valence-corrected chi connectivity index (χ0v) is 10.5. The van der Waals surface area contributed by atoms with E-state index in [1.54, 1.807) is 24.3 Å². The minimum absolute atomic E-state index is 0.144. The summed E-state index contributed by atoms with van der Waals surface area (Å²) in [4.78, 5) is 11.5. The van der Waals surface area contributed by atoms with E-state index < -0.39 is 11.9 Å². The largest absolute Gasteiger partial charge is 0.481 e. The molecule has 3 heteroatoms. The van der Waals surface area contributed by atoms with Crippen LogP contribution in [0.4, 0.5) is 0 Å². The Balaban J connectivity index is 2.33. The molecule has 1 atom stereocenters. The molecule has 2 aromatic rings. The molecule has 0 spiro atoms. The summed E-state index contributed by atoms with van der Waals surface area (Å²) in [6.45, 7) is -0.144. The Morgan fingerprint density at radius 3 is 2.26 bits per heavy atom. The van der Waals surface area contributed by atoms with Gasteiger partial charge >= 0.3 is 5.97 Å². The number of aliphatic hydroxyl groups is 1. The van der Waals surface area contributed by atoms with Crippen LogP contribution in [0.15, 0.2) is 54.6 Å². The first-order valence-corrected chi connectivity index (χ1v) is 6.17. The van der Waals surface area contributed by atoms with Crippen LogP contribution in [-0.4, -0.2) is 16.2 Å². The fourth-order valence-corrected chi connectivity index (χ4v) is 2.20. The summed E-state index contributed by atoms with van der Waals surface area (Å²) >= 11 is 0. The van der Waals surface area contributed by atoms with Gasteiger partial charge in [-0.2, -0.15) is 0 Å². The normalized spacial score (nSPS) is 12.1. The highest BCUT2D eigenvalue weighted by molar-refractivity contribution is 5.77. The van der Waals surface area contributed by atoms with Crippen LogP contribution in [0.25, 0.3) is 0 Å². The maximum atomic E-state index is 11.5. The minimum Gasteiger partial charge on any atom is -0.481 e. The van der Waals surface area contributed by atoms with Gasteiger partial charge in [0.25, 0.3) is 0 Å². The van der Waals surface area contributed by atoms with Crippen molar-refractivity contribution in [3.8, 4) is 0 Å². The first kappa shape index (κ1) is 13.3. The van der Waals surface area contributed by atoms with Gasteiger partial charge < -0.3 is 10.2 Å². The Labute approximate surface area is 112 Å². The Bertz CT molecular complexity index is 549. The van der Waals surface area contributed by atoms with Crippen LogP contribution in [-0.2, 0) is 17.8 Å². The summed E-state index contributed by atoms with van der Waals surface area (Å²) in [5.74, 6) is -1.50. The summed E-state index contributed by atoms with van der Waals surface area (Å²) in [5, 5.41) is 18.7. The van der Waals surface area contributed by atoms with E-state index in [0.717, 1.165) is 5.56 Å². The molecule has 2 aromatic carbocycles. The van der Waals surface area contributed by atoms with Gasteiger partial charge in [-0.3, -0.25) is 4.79 Å². The molecule has 3 nitrogen and oxygen atoms in total. The molecule has 1 unspecified atom stereocenters. The van der Waals surface area contributed by atoms with Crippen LogP contribution < -0.4 is 0 Å². The molecule has 0 aliphatic rings. The molecule has 0 fully saturated rings. The lowest BCUT2D eigenvalue weighted by molar-refractivity contribution is -0.138. The maximum absolute atomic E-state index is 11.5. The van der Waals surface area contributed by atoms with Crippen LogP contribution in [0.3, 0.4) is 0 Å². The number of carboxylic acids is 1. The standard InChI is InChI=1S/C16H16O3/c17-11-13-8-4-5-9-14(13)15(16(18)19)10-12-6-2-1-3-7-12/h1-9,15,17H,10-11H2,(H,18,19). The third-order valence-electron chi connectivity index (χ3n) is 3.18. The second-order valence-electron chi connectivity index (χ2n) is 4.44. The third-order valence-corrected chi connectivity index (χ3v) is 3.18. The molecule has 98 valence electrons. The quantitative estimate of drug-likeness (QED) is 0.864. The molecule has 2 N–H and O–H groups in total. The summed E-state index contributed by atoms with van der Waals surface area (Å²) in [7, 11) is 0. The van der Waals surface area contributed by atoms with Gasteiger partial charge in [0.2, 0.25) is 0 Å². The summed E-state index contributed by atoms with van der Waals surface area (Å²) in [5.41, 5.74) is 2.33. The molecule has 0 aliphatic carbocycles. The zero-order valence-electron chi connectivity index (χ0n) is 10.5. The van der Waals surface area contributed by atoms with Gasteiger partial charge in [0, 0.05) is 0 Å².